The van der Waals surface area contributed by atoms with E-state index in [0.717, 1.165) is 12.2 Å². The number of hydrogen-bond donors (Lipinski definition) is 0. The van der Waals surface area contributed by atoms with Gasteiger partial charge < -0.3 is 4.43 Å². The Kier molecular flexibility index (Phi) is 2.50. The van der Waals surface area contributed by atoms with Crippen LogP contribution in [-0.4, -0.2) is 8.32 Å². The van der Waals surface area contributed by atoms with E-state index in [4.69, 9.17) is 4.43 Å². The van der Waals surface area contributed by atoms with Crippen molar-refractivity contribution in [2.24, 2.45) is 0 Å². The smallest absolute Gasteiger partial charge is 0.251 e. The zero-order valence-electron chi connectivity index (χ0n) is 10.6. The summed E-state index contributed by atoms with van der Waals surface area (Å²) < 4.78 is 6.24. The molecule has 1 nitrogen and oxygen atoms in total. The van der Waals surface area contributed by atoms with Crippen LogP contribution in [0.1, 0.15) is 25.0 Å². The summed E-state index contributed by atoms with van der Waals surface area (Å²) in [4.78, 5) is 0. The molecular formula is C14H20OSi. The van der Waals surface area contributed by atoms with E-state index in [-0.39, 0.29) is 5.04 Å². The van der Waals surface area contributed by atoms with E-state index in [2.05, 4.69) is 51.7 Å². The van der Waals surface area contributed by atoms with Crippen molar-refractivity contribution >= 4 is 14.4 Å². The van der Waals surface area contributed by atoms with Crippen molar-refractivity contribution in [1.29, 1.82) is 0 Å². The van der Waals surface area contributed by atoms with E-state index in [1.165, 1.54) is 11.1 Å². The molecule has 2 bridgehead atoms. The van der Waals surface area contributed by atoms with Gasteiger partial charge in [0.15, 0.2) is 0 Å². The third-order valence-corrected chi connectivity index (χ3v) is 8.15. The van der Waals surface area contributed by atoms with Crippen molar-refractivity contribution in [3.05, 3.63) is 35.9 Å². The summed E-state index contributed by atoms with van der Waals surface area (Å²) in [6.45, 7) is 13.1. The standard InChI is InChI=1S/C14H20OSi/c1-6-11-9-13-8-7-12(11)10-14(2,3)16(4,5)15-13/h6-9H,1,10H2,2-5H3. The molecule has 0 unspecified atom stereocenters. The molecule has 3 rings (SSSR count). The molecule has 2 heteroatoms. The molecule has 2 aliphatic heterocycles. The maximum absolute atomic E-state index is 6.24. The normalized spacial score (nSPS) is 20.8. The first-order chi connectivity index (χ1) is 7.36. The Balaban J connectivity index is 2.57. The summed E-state index contributed by atoms with van der Waals surface area (Å²) in [6.07, 6.45) is 3.01. The molecule has 0 N–H and O–H groups in total. The zero-order valence-corrected chi connectivity index (χ0v) is 11.6. The largest absolute Gasteiger partial charge is 0.543 e. The van der Waals surface area contributed by atoms with Crippen LogP contribution in [0, 0.1) is 0 Å². The zero-order chi connectivity index (χ0) is 12.0. The Morgan fingerprint density at radius 1 is 1.38 bits per heavy atom. The Hall–Kier alpha value is -1.02. The van der Waals surface area contributed by atoms with Crippen LogP contribution in [0.15, 0.2) is 24.8 Å². The third kappa shape index (κ3) is 1.71. The summed E-state index contributed by atoms with van der Waals surface area (Å²) in [5.41, 5.74) is 2.61. The molecule has 0 radical (unpaired) electrons. The molecule has 0 amide bonds. The molecule has 0 spiro atoms. The van der Waals surface area contributed by atoms with Crippen molar-refractivity contribution in [3.8, 4) is 5.75 Å². The van der Waals surface area contributed by atoms with Gasteiger partial charge >= 0.3 is 0 Å². The Bertz CT molecular complexity index is 432. The van der Waals surface area contributed by atoms with Gasteiger partial charge in [-0.15, -0.1) is 0 Å². The summed E-state index contributed by atoms with van der Waals surface area (Å²) in [7, 11) is -1.68. The van der Waals surface area contributed by atoms with Crippen molar-refractivity contribution in [2.45, 2.75) is 38.4 Å². The van der Waals surface area contributed by atoms with Crippen LogP contribution < -0.4 is 4.43 Å². The van der Waals surface area contributed by atoms with Gasteiger partial charge in [0.2, 0.25) is 0 Å². The molecule has 1 aromatic carbocycles. The van der Waals surface area contributed by atoms with Crippen molar-refractivity contribution in [1.82, 2.24) is 0 Å². The van der Waals surface area contributed by atoms with Gasteiger partial charge in [0.1, 0.15) is 5.75 Å². The average Bonchev–Trinajstić information content (AvgIpc) is 2.18. The molecular weight excluding hydrogens is 212 g/mol. The average molecular weight is 232 g/mol. The second-order valence-corrected chi connectivity index (χ2v) is 10.3. The van der Waals surface area contributed by atoms with Gasteiger partial charge in [-0.05, 0) is 47.8 Å². The van der Waals surface area contributed by atoms with Gasteiger partial charge in [-0.2, -0.15) is 0 Å². The molecule has 2 heterocycles. The maximum atomic E-state index is 6.24. The van der Waals surface area contributed by atoms with Crippen LogP contribution in [0.25, 0.3) is 6.08 Å². The van der Waals surface area contributed by atoms with Gasteiger partial charge in [0, 0.05) is 0 Å². The number of hydrogen-bond acceptors (Lipinski definition) is 1. The SMILES string of the molecule is C=Cc1cc2ccc1CC(C)(C)[Si](C)(C)O2. The highest BCUT2D eigenvalue weighted by atomic mass is 28.4. The van der Waals surface area contributed by atoms with Crippen LogP contribution in [0.5, 0.6) is 5.75 Å². The van der Waals surface area contributed by atoms with Crippen LogP contribution in [0.2, 0.25) is 18.1 Å². The molecule has 86 valence electrons. The van der Waals surface area contributed by atoms with Crippen molar-refractivity contribution < 1.29 is 4.43 Å². The molecule has 0 fully saturated rings. The fourth-order valence-electron chi connectivity index (χ4n) is 2.11. The Morgan fingerprint density at radius 3 is 2.69 bits per heavy atom. The fourth-order valence-corrected chi connectivity index (χ4v) is 3.72. The van der Waals surface area contributed by atoms with Gasteiger partial charge in [-0.1, -0.05) is 32.6 Å². The monoisotopic (exact) mass is 232 g/mol. The lowest BCUT2D eigenvalue weighted by molar-refractivity contribution is 0.465. The van der Waals surface area contributed by atoms with Gasteiger partial charge in [-0.3, -0.25) is 0 Å². The Labute approximate surface area is 99.3 Å². The first-order valence-corrected chi connectivity index (χ1v) is 8.71. The number of benzene rings is 1. The first kappa shape index (κ1) is 11.5. The number of rotatable bonds is 1. The lowest BCUT2D eigenvalue weighted by Crippen LogP contribution is -2.47. The molecule has 0 aromatic heterocycles. The van der Waals surface area contributed by atoms with Crippen LogP contribution in [0.4, 0.5) is 0 Å². The second-order valence-electron chi connectivity index (χ2n) is 5.74. The molecule has 2 aliphatic rings. The highest BCUT2D eigenvalue weighted by Gasteiger charge is 2.44. The molecule has 0 aliphatic carbocycles. The van der Waals surface area contributed by atoms with Crippen LogP contribution >= 0.6 is 0 Å². The second kappa shape index (κ2) is 3.49. The minimum atomic E-state index is -1.68. The number of fused-ring (bicyclic) bond motifs is 5. The lowest BCUT2D eigenvalue weighted by Gasteiger charge is -2.41. The van der Waals surface area contributed by atoms with E-state index >= 15 is 0 Å². The van der Waals surface area contributed by atoms with Crippen molar-refractivity contribution in [3.63, 3.8) is 0 Å². The Morgan fingerprint density at radius 2 is 2.06 bits per heavy atom. The van der Waals surface area contributed by atoms with E-state index in [1.54, 1.807) is 0 Å². The molecule has 16 heavy (non-hydrogen) atoms. The van der Waals surface area contributed by atoms with Gasteiger partial charge in [0.25, 0.3) is 8.32 Å². The highest BCUT2D eigenvalue weighted by molar-refractivity contribution is 6.75. The van der Waals surface area contributed by atoms with Gasteiger partial charge in [-0.25, -0.2) is 0 Å². The van der Waals surface area contributed by atoms with E-state index < -0.39 is 8.32 Å². The summed E-state index contributed by atoms with van der Waals surface area (Å²) in [5, 5.41) is 0.251. The topological polar surface area (TPSA) is 9.23 Å². The lowest BCUT2D eigenvalue weighted by atomic mass is 9.97. The molecule has 1 aromatic rings. The predicted octanol–water partition coefficient (Wildman–Crippen LogP) is 4.25. The summed E-state index contributed by atoms with van der Waals surface area (Å²) in [5.74, 6) is 1.00. The fraction of sp³-hybridized carbons (Fsp3) is 0.429. The highest BCUT2D eigenvalue weighted by Crippen LogP contribution is 2.44. The van der Waals surface area contributed by atoms with E-state index in [9.17, 15) is 0 Å². The predicted molar refractivity (Wildman–Crippen MR) is 72.4 cm³/mol. The van der Waals surface area contributed by atoms with Gasteiger partial charge in [0.05, 0.1) is 0 Å². The summed E-state index contributed by atoms with van der Waals surface area (Å²) >= 11 is 0. The molecule has 0 atom stereocenters. The molecule has 0 saturated heterocycles. The maximum Gasteiger partial charge on any atom is 0.251 e. The van der Waals surface area contributed by atoms with Crippen LogP contribution in [-0.2, 0) is 6.42 Å². The van der Waals surface area contributed by atoms with E-state index in [1.807, 2.05) is 6.08 Å². The minimum absolute atomic E-state index is 0.251. The summed E-state index contributed by atoms with van der Waals surface area (Å²) in [6, 6.07) is 6.39. The molecule has 0 saturated carbocycles. The minimum Gasteiger partial charge on any atom is -0.543 e. The third-order valence-electron chi connectivity index (χ3n) is 3.97. The van der Waals surface area contributed by atoms with Crippen LogP contribution in [0.3, 0.4) is 0 Å². The first-order valence-electron chi connectivity index (χ1n) is 5.80. The van der Waals surface area contributed by atoms with E-state index in [0.29, 0.717) is 0 Å². The quantitative estimate of drug-likeness (QED) is 0.658. The van der Waals surface area contributed by atoms with Crippen molar-refractivity contribution in [2.75, 3.05) is 0 Å².